The number of aliphatic hydroxyl groups excluding tert-OH is 1. The van der Waals surface area contributed by atoms with Crippen LogP contribution in [0.1, 0.15) is 21.4 Å². The lowest BCUT2D eigenvalue weighted by Crippen LogP contribution is -1.95. The molecule has 0 amide bonds. The molecule has 1 unspecified atom stereocenters. The van der Waals surface area contributed by atoms with Crippen LogP contribution in [0.15, 0.2) is 21.3 Å². The van der Waals surface area contributed by atoms with Gasteiger partial charge in [-0.3, -0.25) is 0 Å². The lowest BCUT2D eigenvalue weighted by atomic mass is 10.2. The van der Waals surface area contributed by atoms with Crippen molar-refractivity contribution in [1.82, 2.24) is 0 Å². The molecule has 0 saturated heterocycles. The van der Waals surface area contributed by atoms with Crippen LogP contribution in [0, 0.1) is 6.92 Å². The number of rotatable bonds is 2. The van der Waals surface area contributed by atoms with Gasteiger partial charge in [-0.15, -0.1) is 22.7 Å². The fourth-order valence-corrected chi connectivity index (χ4v) is 4.20. The number of hydrogen-bond donors (Lipinski definition) is 1. The van der Waals surface area contributed by atoms with Crippen LogP contribution in [0.2, 0.25) is 5.02 Å². The Morgan fingerprint density at radius 1 is 1.40 bits per heavy atom. The summed E-state index contributed by atoms with van der Waals surface area (Å²) in [6.45, 7) is 1.94. The Labute approximate surface area is 109 Å². The molecule has 2 aromatic heterocycles. The molecule has 0 bridgehead atoms. The maximum absolute atomic E-state index is 10.2. The zero-order valence-electron chi connectivity index (χ0n) is 7.83. The smallest absolute Gasteiger partial charge is 0.125 e. The maximum atomic E-state index is 10.2. The highest BCUT2D eigenvalue weighted by Gasteiger charge is 2.20. The minimum Gasteiger partial charge on any atom is -0.382 e. The average Bonchev–Trinajstić information content (AvgIpc) is 2.75. The van der Waals surface area contributed by atoms with E-state index in [0.29, 0.717) is 5.02 Å². The molecule has 2 aromatic rings. The van der Waals surface area contributed by atoms with Gasteiger partial charge in [0, 0.05) is 4.47 Å². The molecule has 0 saturated carbocycles. The van der Waals surface area contributed by atoms with Gasteiger partial charge >= 0.3 is 0 Å². The van der Waals surface area contributed by atoms with Crippen molar-refractivity contribution in [3.63, 3.8) is 0 Å². The SMILES string of the molecule is Cc1csc(C(O)c2sccc2Br)c1Cl. The van der Waals surface area contributed by atoms with E-state index in [4.69, 9.17) is 11.6 Å². The summed E-state index contributed by atoms with van der Waals surface area (Å²) in [6, 6.07) is 1.93. The predicted molar refractivity (Wildman–Crippen MR) is 70.1 cm³/mol. The van der Waals surface area contributed by atoms with Crippen LogP contribution >= 0.6 is 50.2 Å². The Morgan fingerprint density at radius 3 is 2.60 bits per heavy atom. The number of thiophene rings is 2. The molecule has 5 heteroatoms. The maximum Gasteiger partial charge on any atom is 0.125 e. The lowest BCUT2D eigenvalue weighted by Gasteiger charge is -2.07. The third-order valence-electron chi connectivity index (χ3n) is 2.07. The van der Waals surface area contributed by atoms with Gasteiger partial charge in [-0.05, 0) is 45.2 Å². The Bertz CT molecular complexity index is 477. The zero-order chi connectivity index (χ0) is 11.0. The van der Waals surface area contributed by atoms with E-state index in [2.05, 4.69) is 15.9 Å². The van der Waals surface area contributed by atoms with E-state index in [1.54, 1.807) is 0 Å². The van der Waals surface area contributed by atoms with Crippen LogP contribution in [0.4, 0.5) is 0 Å². The molecule has 0 aliphatic heterocycles. The first kappa shape index (κ1) is 11.6. The molecule has 1 N–H and O–H groups in total. The molecular weight excluding hydrogens is 316 g/mol. The van der Waals surface area contributed by atoms with Crippen molar-refractivity contribution >= 4 is 50.2 Å². The standard InChI is InChI=1S/C10H8BrClOS2/c1-5-4-15-10(7(5)12)8(13)9-6(11)2-3-14-9/h2-4,8,13H,1H3. The quantitative estimate of drug-likeness (QED) is 0.855. The largest absolute Gasteiger partial charge is 0.382 e. The molecule has 0 aliphatic rings. The average molecular weight is 324 g/mol. The van der Waals surface area contributed by atoms with E-state index in [1.165, 1.54) is 22.7 Å². The minimum atomic E-state index is -0.620. The fourth-order valence-electron chi connectivity index (χ4n) is 1.25. The van der Waals surface area contributed by atoms with Crippen LogP contribution in [-0.4, -0.2) is 5.11 Å². The zero-order valence-corrected chi connectivity index (χ0v) is 11.8. The van der Waals surface area contributed by atoms with Crippen LogP contribution in [0.3, 0.4) is 0 Å². The molecule has 0 spiro atoms. The number of hydrogen-bond acceptors (Lipinski definition) is 3. The highest BCUT2D eigenvalue weighted by atomic mass is 79.9. The third kappa shape index (κ3) is 2.15. The third-order valence-corrected chi connectivity index (χ3v) is 5.76. The highest BCUT2D eigenvalue weighted by Crippen LogP contribution is 2.39. The molecule has 0 aromatic carbocycles. The van der Waals surface area contributed by atoms with Gasteiger partial charge in [-0.25, -0.2) is 0 Å². The van der Waals surface area contributed by atoms with Gasteiger partial charge in [0.1, 0.15) is 6.10 Å². The minimum absolute atomic E-state index is 0.620. The second-order valence-corrected chi connectivity index (χ2v) is 6.22. The van der Waals surface area contributed by atoms with E-state index in [9.17, 15) is 5.11 Å². The second kappa shape index (κ2) is 4.55. The summed E-state index contributed by atoms with van der Waals surface area (Å²) in [4.78, 5) is 1.72. The van der Waals surface area contributed by atoms with Gasteiger partial charge in [0.2, 0.25) is 0 Å². The van der Waals surface area contributed by atoms with Crippen LogP contribution in [0.5, 0.6) is 0 Å². The molecule has 0 radical (unpaired) electrons. The summed E-state index contributed by atoms with van der Waals surface area (Å²) in [5.74, 6) is 0. The first-order valence-electron chi connectivity index (χ1n) is 4.25. The summed E-state index contributed by atoms with van der Waals surface area (Å²) < 4.78 is 0.933. The predicted octanol–water partition coefficient (Wildman–Crippen LogP) is 4.62. The van der Waals surface area contributed by atoms with Crippen molar-refractivity contribution in [1.29, 1.82) is 0 Å². The van der Waals surface area contributed by atoms with Crippen molar-refractivity contribution in [3.05, 3.63) is 41.6 Å². The van der Waals surface area contributed by atoms with Gasteiger partial charge in [0.05, 0.1) is 14.8 Å². The van der Waals surface area contributed by atoms with Crippen LogP contribution in [0.25, 0.3) is 0 Å². The molecule has 0 fully saturated rings. The van der Waals surface area contributed by atoms with E-state index in [-0.39, 0.29) is 0 Å². The highest BCUT2D eigenvalue weighted by molar-refractivity contribution is 9.10. The molecule has 2 rings (SSSR count). The Hall–Kier alpha value is 0.130. The van der Waals surface area contributed by atoms with Crippen LogP contribution in [-0.2, 0) is 0 Å². The van der Waals surface area contributed by atoms with Crippen molar-refractivity contribution in [2.45, 2.75) is 13.0 Å². The Kier molecular flexibility index (Phi) is 3.52. The van der Waals surface area contributed by atoms with Crippen molar-refractivity contribution in [3.8, 4) is 0 Å². The van der Waals surface area contributed by atoms with E-state index in [1.807, 2.05) is 23.8 Å². The molecule has 2 heterocycles. The molecule has 80 valence electrons. The summed E-state index contributed by atoms with van der Waals surface area (Å²) in [5, 5.41) is 14.7. The molecule has 0 aliphatic carbocycles. The molecule has 1 nitrogen and oxygen atoms in total. The molecular formula is C10H8BrClOS2. The molecule has 1 atom stereocenters. The van der Waals surface area contributed by atoms with E-state index < -0.39 is 6.10 Å². The van der Waals surface area contributed by atoms with Gasteiger partial charge < -0.3 is 5.11 Å². The monoisotopic (exact) mass is 322 g/mol. The second-order valence-electron chi connectivity index (χ2n) is 3.13. The van der Waals surface area contributed by atoms with E-state index >= 15 is 0 Å². The Balaban J connectivity index is 2.41. The first-order valence-corrected chi connectivity index (χ1v) is 7.18. The number of halogens is 2. The fraction of sp³-hybridized carbons (Fsp3) is 0.200. The van der Waals surface area contributed by atoms with Crippen molar-refractivity contribution in [2.24, 2.45) is 0 Å². The van der Waals surface area contributed by atoms with Gasteiger partial charge in [-0.2, -0.15) is 0 Å². The summed E-state index contributed by atoms with van der Waals surface area (Å²) in [6.07, 6.45) is -0.620. The topological polar surface area (TPSA) is 20.2 Å². The van der Waals surface area contributed by atoms with Gasteiger partial charge in [-0.1, -0.05) is 11.6 Å². The van der Waals surface area contributed by atoms with Crippen LogP contribution < -0.4 is 0 Å². The normalized spacial score (nSPS) is 13.1. The first-order chi connectivity index (χ1) is 7.11. The van der Waals surface area contributed by atoms with Gasteiger partial charge in [0.15, 0.2) is 0 Å². The molecule has 15 heavy (non-hydrogen) atoms. The van der Waals surface area contributed by atoms with Gasteiger partial charge in [0.25, 0.3) is 0 Å². The van der Waals surface area contributed by atoms with Crippen molar-refractivity contribution in [2.75, 3.05) is 0 Å². The number of aryl methyl sites for hydroxylation is 1. The Morgan fingerprint density at radius 2 is 2.13 bits per heavy atom. The summed E-state index contributed by atoms with van der Waals surface area (Å²) >= 11 is 12.5. The lowest BCUT2D eigenvalue weighted by molar-refractivity contribution is 0.227. The van der Waals surface area contributed by atoms with Crippen molar-refractivity contribution < 1.29 is 5.11 Å². The van der Waals surface area contributed by atoms with E-state index in [0.717, 1.165) is 19.8 Å². The number of aliphatic hydroxyl groups is 1. The summed E-state index contributed by atoms with van der Waals surface area (Å²) in [7, 11) is 0. The summed E-state index contributed by atoms with van der Waals surface area (Å²) in [5.41, 5.74) is 1.02.